The smallest absolute Gasteiger partial charge is 0.209 e. The van der Waals surface area contributed by atoms with E-state index < -0.39 is 0 Å². The van der Waals surface area contributed by atoms with Gasteiger partial charge in [-0.05, 0) is 37.0 Å². The summed E-state index contributed by atoms with van der Waals surface area (Å²) in [4.78, 5) is 18.6. The topological polar surface area (TPSA) is 38.1 Å². The number of carbonyl (C=O) groups is 1. The first-order valence-electron chi connectivity index (χ1n) is 8.27. The number of nitrogens with zero attached hydrogens (tertiary/aromatic N) is 3. The lowest BCUT2D eigenvalue weighted by Gasteiger charge is -2.31. The molecule has 5 heteroatoms. The van der Waals surface area contributed by atoms with Gasteiger partial charge in [0.2, 0.25) is 6.41 Å². The molecule has 1 saturated heterocycles. The highest BCUT2D eigenvalue weighted by atomic mass is 32.1. The molecular weight excluding hydrogens is 306 g/mol. The van der Waals surface area contributed by atoms with Crippen LogP contribution in [-0.2, 0) is 16.8 Å². The Morgan fingerprint density at radius 1 is 1.30 bits per heavy atom. The monoisotopic (exact) mass is 331 g/mol. The molecule has 1 amide bonds. The van der Waals surface area contributed by atoms with Crippen molar-refractivity contribution in [2.75, 3.05) is 13.1 Å². The largest absolute Gasteiger partial charge is 0.345 e. The molecule has 1 fully saturated rings. The molecule has 0 unspecified atom stereocenters. The van der Waals surface area contributed by atoms with Gasteiger partial charge in [0, 0.05) is 29.9 Å². The number of fused-ring (bicyclic) bond motifs is 1. The SMILES string of the molecule is CC(C)(C)c1nc2cc(S)ccc2n1CC1CCN(C=O)CC1. The number of amides is 1. The standard InChI is InChI=1S/C18H25N3OS/c1-18(2,3)17-19-15-10-14(23)4-5-16(15)21(17)11-13-6-8-20(12-22)9-7-13/h4-5,10,12-13,23H,6-9,11H2,1-3H3. The summed E-state index contributed by atoms with van der Waals surface area (Å²) in [5.41, 5.74) is 2.21. The summed E-state index contributed by atoms with van der Waals surface area (Å²) >= 11 is 4.44. The Morgan fingerprint density at radius 3 is 2.61 bits per heavy atom. The lowest BCUT2D eigenvalue weighted by molar-refractivity contribution is -0.119. The van der Waals surface area contributed by atoms with Gasteiger partial charge in [0.05, 0.1) is 11.0 Å². The van der Waals surface area contributed by atoms with Gasteiger partial charge >= 0.3 is 0 Å². The summed E-state index contributed by atoms with van der Waals surface area (Å²) in [6, 6.07) is 6.20. The van der Waals surface area contributed by atoms with Crippen LogP contribution in [0, 0.1) is 5.92 Å². The zero-order valence-corrected chi connectivity index (χ0v) is 15.0. The van der Waals surface area contributed by atoms with E-state index in [2.05, 4.69) is 44.0 Å². The van der Waals surface area contributed by atoms with E-state index in [-0.39, 0.29) is 5.41 Å². The van der Waals surface area contributed by atoms with Crippen LogP contribution in [0.5, 0.6) is 0 Å². The van der Waals surface area contributed by atoms with Crippen LogP contribution in [-0.4, -0.2) is 34.0 Å². The molecule has 1 aromatic carbocycles. The van der Waals surface area contributed by atoms with Crippen LogP contribution in [0.1, 0.15) is 39.4 Å². The van der Waals surface area contributed by atoms with E-state index in [0.717, 1.165) is 55.1 Å². The summed E-state index contributed by atoms with van der Waals surface area (Å²) < 4.78 is 2.38. The molecule has 0 bridgehead atoms. The first-order chi connectivity index (χ1) is 10.9. The van der Waals surface area contributed by atoms with Gasteiger partial charge in [0.1, 0.15) is 5.82 Å². The van der Waals surface area contributed by atoms with Gasteiger partial charge < -0.3 is 9.47 Å². The van der Waals surface area contributed by atoms with Gasteiger partial charge in [0.15, 0.2) is 0 Å². The van der Waals surface area contributed by atoms with Gasteiger partial charge in [-0.2, -0.15) is 0 Å². The zero-order valence-electron chi connectivity index (χ0n) is 14.1. The Morgan fingerprint density at radius 2 is 2.00 bits per heavy atom. The van der Waals surface area contributed by atoms with E-state index in [1.165, 1.54) is 5.52 Å². The van der Waals surface area contributed by atoms with Crippen LogP contribution in [0.3, 0.4) is 0 Å². The van der Waals surface area contributed by atoms with Crippen molar-refractivity contribution in [1.82, 2.24) is 14.5 Å². The number of piperidine rings is 1. The molecule has 0 spiro atoms. The normalized spacial score (nSPS) is 17.0. The summed E-state index contributed by atoms with van der Waals surface area (Å²) in [6.45, 7) is 9.34. The zero-order chi connectivity index (χ0) is 16.6. The molecule has 2 aromatic rings. The second-order valence-electron chi connectivity index (χ2n) is 7.55. The van der Waals surface area contributed by atoms with Gasteiger partial charge in [0.25, 0.3) is 0 Å². The number of carbonyl (C=O) groups excluding carboxylic acids is 1. The maximum atomic E-state index is 10.9. The van der Waals surface area contributed by atoms with E-state index in [1.807, 2.05) is 17.0 Å². The van der Waals surface area contributed by atoms with Crippen molar-refractivity contribution >= 4 is 30.1 Å². The molecule has 2 heterocycles. The van der Waals surface area contributed by atoms with Crippen LogP contribution in [0.15, 0.2) is 23.1 Å². The van der Waals surface area contributed by atoms with Crippen molar-refractivity contribution < 1.29 is 4.79 Å². The number of thiol groups is 1. The second-order valence-corrected chi connectivity index (χ2v) is 8.07. The maximum absolute atomic E-state index is 10.9. The third kappa shape index (κ3) is 3.39. The van der Waals surface area contributed by atoms with E-state index in [0.29, 0.717) is 5.92 Å². The number of benzene rings is 1. The summed E-state index contributed by atoms with van der Waals surface area (Å²) in [5.74, 6) is 1.73. The number of imidazole rings is 1. The summed E-state index contributed by atoms with van der Waals surface area (Å²) in [6.07, 6.45) is 3.09. The van der Waals surface area contributed by atoms with Gasteiger partial charge in [-0.25, -0.2) is 4.98 Å². The molecule has 23 heavy (non-hydrogen) atoms. The van der Waals surface area contributed by atoms with Crippen molar-refractivity contribution in [2.24, 2.45) is 5.92 Å². The molecule has 4 nitrogen and oxygen atoms in total. The van der Waals surface area contributed by atoms with E-state index in [1.54, 1.807) is 0 Å². The van der Waals surface area contributed by atoms with Crippen LogP contribution in [0.2, 0.25) is 0 Å². The second kappa shape index (κ2) is 6.19. The van der Waals surface area contributed by atoms with E-state index >= 15 is 0 Å². The van der Waals surface area contributed by atoms with E-state index in [9.17, 15) is 4.79 Å². The highest BCUT2D eigenvalue weighted by Gasteiger charge is 2.26. The fraction of sp³-hybridized carbons (Fsp3) is 0.556. The Labute approximate surface area is 143 Å². The van der Waals surface area contributed by atoms with Crippen LogP contribution >= 0.6 is 12.6 Å². The minimum Gasteiger partial charge on any atom is -0.345 e. The summed E-state index contributed by atoms with van der Waals surface area (Å²) in [7, 11) is 0. The third-order valence-corrected chi connectivity index (χ3v) is 4.92. The predicted molar refractivity (Wildman–Crippen MR) is 96.0 cm³/mol. The molecule has 3 rings (SSSR count). The number of hydrogen-bond donors (Lipinski definition) is 1. The lowest BCUT2D eigenvalue weighted by atomic mass is 9.93. The predicted octanol–water partition coefficient (Wildman–Crippen LogP) is 3.49. The molecular formula is C18H25N3OS. The Kier molecular flexibility index (Phi) is 4.41. The van der Waals surface area contributed by atoms with Crippen LogP contribution in [0.25, 0.3) is 11.0 Å². The maximum Gasteiger partial charge on any atom is 0.209 e. The number of aromatic nitrogens is 2. The fourth-order valence-electron chi connectivity index (χ4n) is 3.37. The average Bonchev–Trinajstić information content (AvgIpc) is 2.86. The quantitative estimate of drug-likeness (QED) is 0.690. The van der Waals surface area contributed by atoms with Crippen molar-refractivity contribution in [3.05, 3.63) is 24.0 Å². The van der Waals surface area contributed by atoms with Gasteiger partial charge in [-0.15, -0.1) is 12.6 Å². The van der Waals surface area contributed by atoms with Crippen LogP contribution < -0.4 is 0 Å². The van der Waals surface area contributed by atoms with Gasteiger partial charge in [-0.1, -0.05) is 20.8 Å². The van der Waals surface area contributed by atoms with E-state index in [4.69, 9.17) is 4.98 Å². The Balaban J connectivity index is 1.94. The molecule has 0 N–H and O–H groups in total. The molecule has 0 radical (unpaired) electrons. The highest BCUT2D eigenvalue weighted by Crippen LogP contribution is 2.30. The molecule has 1 aromatic heterocycles. The van der Waals surface area contributed by atoms with Crippen molar-refractivity contribution in [2.45, 2.75) is 50.5 Å². The minimum absolute atomic E-state index is 0.000714. The van der Waals surface area contributed by atoms with Gasteiger partial charge in [-0.3, -0.25) is 4.79 Å². The first-order valence-corrected chi connectivity index (χ1v) is 8.72. The van der Waals surface area contributed by atoms with Crippen molar-refractivity contribution in [3.8, 4) is 0 Å². The highest BCUT2D eigenvalue weighted by molar-refractivity contribution is 7.80. The first kappa shape index (κ1) is 16.4. The number of likely N-dealkylation sites (tertiary alicyclic amines) is 1. The Bertz CT molecular complexity index is 709. The molecule has 124 valence electrons. The number of hydrogen-bond acceptors (Lipinski definition) is 3. The third-order valence-electron chi connectivity index (χ3n) is 4.64. The average molecular weight is 331 g/mol. The molecule has 1 aliphatic rings. The van der Waals surface area contributed by atoms with Crippen molar-refractivity contribution in [1.29, 1.82) is 0 Å². The fourth-order valence-corrected chi connectivity index (χ4v) is 3.57. The molecule has 0 saturated carbocycles. The molecule has 0 atom stereocenters. The number of rotatable bonds is 3. The summed E-state index contributed by atoms with van der Waals surface area (Å²) in [5, 5.41) is 0. The van der Waals surface area contributed by atoms with Crippen LogP contribution in [0.4, 0.5) is 0 Å². The molecule has 1 aliphatic heterocycles. The van der Waals surface area contributed by atoms with Crippen molar-refractivity contribution in [3.63, 3.8) is 0 Å². The lowest BCUT2D eigenvalue weighted by Crippen LogP contribution is -2.34. The Hall–Kier alpha value is -1.49. The molecule has 0 aliphatic carbocycles. The minimum atomic E-state index is -0.000714.